The standard InChI is InChI=1S/C10H13F2NO/c11-9-1-2-10(12)8(4-9)3-7(5-13)6-14/h1-2,4,7,14H,3,5-6,13H2. The van der Waals surface area contributed by atoms with Crippen molar-refractivity contribution in [2.75, 3.05) is 13.2 Å². The first-order valence-electron chi connectivity index (χ1n) is 4.42. The summed E-state index contributed by atoms with van der Waals surface area (Å²) >= 11 is 0. The molecule has 0 aliphatic heterocycles. The molecule has 1 atom stereocenters. The first-order chi connectivity index (χ1) is 6.67. The van der Waals surface area contributed by atoms with Crippen LogP contribution in [0.15, 0.2) is 18.2 Å². The van der Waals surface area contributed by atoms with E-state index in [1.165, 1.54) is 0 Å². The molecule has 1 rings (SSSR count). The van der Waals surface area contributed by atoms with E-state index in [-0.39, 0.29) is 31.1 Å². The number of hydrogen-bond donors (Lipinski definition) is 2. The zero-order valence-electron chi connectivity index (χ0n) is 7.71. The van der Waals surface area contributed by atoms with Crippen molar-refractivity contribution in [1.82, 2.24) is 0 Å². The third kappa shape index (κ3) is 2.75. The van der Waals surface area contributed by atoms with Crippen LogP contribution in [0.1, 0.15) is 5.56 Å². The summed E-state index contributed by atoms with van der Waals surface area (Å²) in [6.45, 7) is 0.138. The number of aliphatic hydroxyl groups is 1. The van der Waals surface area contributed by atoms with Crippen molar-refractivity contribution >= 4 is 0 Å². The highest BCUT2D eigenvalue weighted by atomic mass is 19.1. The molecule has 0 amide bonds. The normalized spacial score (nSPS) is 12.9. The van der Waals surface area contributed by atoms with E-state index in [1.807, 2.05) is 0 Å². The quantitative estimate of drug-likeness (QED) is 0.765. The first-order valence-corrected chi connectivity index (χ1v) is 4.42. The lowest BCUT2D eigenvalue weighted by Crippen LogP contribution is -2.20. The molecule has 1 aromatic rings. The second kappa shape index (κ2) is 5.02. The zero-order chi connectivity index (χ0) is 10.6. The third-order valence-corrected chi connectivity index (χ3v) is 2.11. The Kier molecular flexibility index (Phi) is 3.98. The predicted molar refractivity (Wildman–Crippen MR) is 49.7 cm³/mol. The Bertz CT molecular complexity index is 300. The van der Waals surface area contributed by atoms with Gasteiger partial charge in [-0.2, -0.15) is 0 Å². The van der Waals surface area contributed by atoms with Crippen LogP contribution in [-0.2, 0) is 6.42 Å². The Labute approximate surface area is 81.4 Å². The molecule has 1 unspecified atom stereocenters. The van der Waals surface area contributed by atoms with Gasteiger partial charge in [0.2, 0.25) is 0 Å². The van der Waals surface area contributed by atoms with Gasteiger partial charge in [-0.05, 0) is 42.6 Å². The molecule has 0 spiro atoms. The molecule has 0 saturated carbocycles. The predicted octanol–water partition coefficient (Wildman–Crippen LogP) is 1.07. The molecule has 3 N–H and O–H groups in total. The van der Waals surface area contributed by atoms with E-state index in [0.29, 0.717) is 0 Å². The Balaban J connectivity index is 2.79. The average molecular weight is 201 g/mol. The van der Waals surface area contributed by atoms with Crippen LogP contribution >= 0.6 is 0 Å². The molecule has 0 bridgehead atoms. The van der Waals surface area contributed by atoms with E-state index in [0.717, 1.165) is 18.2 Å². The summed E-state index contributed by atoms with van der Waals surface area (Å²) in [4.78, 5) is 0. The van der Waals surface area contributed by atoms with Gasteiger partial charge in [0.05, 0.1) is 0 Å². The molecule has 78 valence electrons. The van der Waals surface area contributed by atoms with Crippen LogP contribution < -0.4 is 5.73 Å². The molecule has 0 fully saturated rings. The van der Waals surface area contributed by atoms with Crippen molar-refractivity contribution in [3.8, 4) is 0 Å². The van der Waals surface area contributed by atoms with Gasteiger partial charge in [-0.1, -0.05) is 0 Å². The van der Waals surface area contributed by atoms with Gasteiger partial charge < -0.3 is 10.8 Å². The summed E-state index contributed by atoms with van der Waals surface area (Å²) in [6.07, 6.45) is 0.261. The van der Waals surface area contributed by atoms with Gasteiger partial charge in [-0.15, -0.1) is 0 Å². The van der Waals surface area contributed by atoms with Gasteiger partial charge in [0.25, 0.3) is 0 Å². The van der Waals surface area contributed by atoms with E-state index < -0.39 is 11.6 Å². The van der Waals surface area contributed by atoms with Gasteiger partial charge in [-0.25, -0.2) is 8.78 Å². The van der Waals surface area contributed by atoms with Gasteiger partial charge >= 0.3 is 0 Å². The molecule has 0 radical (unpaired) electrons. The van der Waals surface area contributed by atoms with Crippen molar-refractivity contribution in [1.29, 1.82) is 0 Å². The lowest BCUT2D eigenvalue weighted by Gasteiger charge is -2.11. The smallest absolute Gasteiger partial charge is 0.126 e. The maximum Gasteiger partial charge on any atom is 0.126 e. The summed E-state index contributed by atoms with van der Waals surface area (Å²) in [5, 5.41) is 8.85. The Morgan fingerprint density at radius 3 is 2.64 bits per heavy atom. The SMILES string of the molecule is NCC(CO)Cc1cc(F)ccc1F. The molecular formula is C10H13F2NO. The molecule has 0 aliphatic rings. The fourth-order valence-electron chi connectivity index (χ4n) is 1.23. The number of nitrogens with two attached hydrogens (primary N) is 1. The topological polar surface area (TPSA) is 46.2 Å². The number of hydrogen-bond acceptors (Lipinski definition) is 2. The minimum atomic E-state index is -0.477. The van der Waals surface area contributed by atoms with E-state index in [2.05, 4.69) is 0 Å². The monoisotopic (exact) mass is 201 g/mol. The number of halogens is 2. The third-order valence-electron chi connectivity index (χ3n) is 2.11. The maximum atomic E-state index is 13.1. The van der Waals surface area contributed by atoms with Crippen LogP contribution in [0, 0.1) is 17.6 Å². The number of benzene rings is 1. The van der Waals surface area contributed by atoms with Crippen molar-refractivity contribution in [2.45, 2.75) is 6.42 Å². The van der Waals surface area contributed by atoms with E-state index in [9.17, 15) is 8.78 Å². The summed E-state index contributed by atoms with van der Waals surface area (Å²) in [6, 6.07) is 3.28. The number of aliphatic hydroxyl groups excluding tert-OH is 1. The van der Waals surface area contributed by atoms with Crippen molar-refractivity contribution in [3.05, 3.63) is 35.4 Å². The fourth-order valence-corrected chi connectivity index (χ4v) is 1.23. The Morgan fingerprint density at radius 2 is 2.07 bits per heavy atom. The van der Waals surface area contributed by atoms with Gasteiger partial charge in [0.15, 0.2) is 0 Å². The lowest BCUT2D eigenvalue weighted by atomic mass is 10.00. The molecule has 4 heteroatoms. The van der Waals surface area contributed by atoms with E-state index in [1.54, 1.807) is 0 Å². The van der Waals surface area contributed by atoms with Crippen LogP contribution in [0.3, 0.4) is 0 Å². The van der Waals surface area contributed by atoms with Gasteiger partial charge in [0, 0.05) is 6.61 Å². The average Bonchev–Trinajstić information content (AvgIpc) is 2.19. The van der Waals surface area contributed by atoms with Gasteiger partial charge in [0.1, 0.15) is 11.6 Å². The van der Waals surface area contributed by atoms with Crippen molar-refractivity contribution in [2.24, 2.45) is 11.7 Å². The highest BCUT2D eigenvalue weighted by Gasteiger charge is 2.10. The van der Waals surface area contributed by atoms with Crippen LogP contribution in [0.4, 0.5) is 8.78 Å². The molecule has 1 aromatic carbocycles. The van der Waals surface area contributed by atoms with Crippen LogP contribution in [0.2, 0.25) is 0 Å². The summed E-state index contributed by atoms with van der Waals surface area (Å²) in [5.41, 5.74) is 5.60. The zero-order valence-corrected chi connectivity index (χ0v) is 7.71. The second-order valence-corrected chi connectivity index (χ2v) is 3.22. The van der Waals surface area contributed by atoms with E-state index in [4.69, 9.17) is 10.8 Å². The van der Waals surface area contributed by atoms with Crippen LogP contribution in [-0.4, -0.2) is 18.3 Å². The van der Waals surface area contributed by atoms with Gasteiger partial charge in [-0.3, -0.25) is 0 Å². The Hall–Kier alpha value is -1.00. The minimum Gasteiger partial charge on any atom is -0.396 e. The van der Waals surface area contributed by atoms with E-state index >= 15 is 0 Å². The summed E-state index contributed by atoms with van der Waals surface area (Å²) < 4.78 is 25.9. The molecule has 2 nitrogen and oxygen atoms in total. The molecule has 14 heavy (non-hydrogen) atoms. The lowest BCUT2D eigenvalue weighted by molar-refractivity contribution is 0.229. The minimum absolute atomic E-state index is 0.119. The first kappa shape index (κ1) is 11.1. The molecular weight excluding hydrogens is 188 g/mol. The van der Waals surface area contributed by atoms with Crippen LogP contribution in [0.5, 0.6) is 0 Å². The highest BCUT2D eigenvalue weighted by Crippen LogP contribution is 2.13. The molecule has 0 saturated heterocycles. The summed E-state index contributed by atoms with van der Waals surface area (Å²) in [7, 11) is 0. The van der Waals surface area contributed by atoms with Crippen molar-refractivity contribution in [3.63, 3.8) is 0 Å². The van der Waals surface area contributed by atoms with Crippen molar-refractivity contribution < 1.29 is 13.9 Å². The fraction of sp³-hybridized carbons (Fsp3) is 0.400. The number of rotatable bonds is 4. The second-order valence-electron chi connectivity index (χ2n) is 3.22. The summed E-state index contributed by atoms with van der Waals surface area (Å²) in [5.74, 6) is -1.15. The molecule has 0 aromatic heterocycles. The molecule has 0 aliphatic carbocycles. The maximum absolute atomic E-state index is 13.1. The molecule has 0 heterocycles. The van der Waals surface area contributed by atoms with Crippen LogP contribution in [0.25, 0.3) is 0 Å². The Morgan fingerprint density at radius 1 is 1.36 bits per heavy atom. The highest BCUT2D eigenvalue weighted by molar-refractivity contribution is 5.19. The largest absolute Gasteiger partial charge is 0.396 e.